The molecule has 3 rings (SSSR count). The predicted molar refractivity (Wildman–Crippen MR) is 105 cm³/mol. The monoisotopic (exact) mass is 444 g/mol. The van der Waals surface area contributed by atoms with Crippen LogP contribution in [0.15, 0.2) is 23.5 Å². The van der Waals surface area contributed by atoms with Gasteiger partial charge in [0.2, 0.25) is 6.29 Å². The van der Waals surface area contributed by atoms with Crippen LogP contribution < -0.4 is 0 Å². The normalized spacial score (nSPS) is 37.7. The second-order valence-electron chi connectivity index (χ2n) is 8.60. The standard InChI is InChI=1S/C21H32O10/c1-10(2)5-15(24)31-20-16-11(6-22)3-4-13(16)12(8-28-20)9-29-21-19(27)18(26)17(25)14(7-23)30-21/h3,8,10,13-14,16-23,25-27H,4-7,9H2,1-2H3/t13-,14-,16-,17-,18+,19-,20+,21-/m1/s1. The van der Waals surface area contributed by atoms with Gasteiger partial charge in [-0.1, -0.05) is 19.9 Å². The fourth-order valence-corrected chi connectivity index (χ4v) is 4.20. The second kappa shape index (κ2) is 10.4. The van der Waals surface area contributed by atoms with E-state index >= 15 is 0 Å². The highest BCUT2D eigenvalue weighted by Crippen LogP contribution is 2.43. The molecule has 0 aromatic heterocycles. The number of esters is 1. The molecule has 5 N–H and O–H groups in total. The van der Waals surface area contributed by atoms with Gasteiger partial charge in [0.1, 0.15) is 24.4 Å². The summed E-state index contributed by atoms with van der Waals surface area (Å²) in [7, 11) is 0. The van der Waals surface area contributed by atoms with Crippen molar-refractivity contribution >= 4 is 5.97 Å². The van der Waals surface area contributed by atoms with Gasteiger partial charge in [-0.15, -0.1) is 0 Å². The van der Waals surface area contributed by atoms with E-state index in [0.717, 1.165) is 0 Å². The molecule has 1 aliphatic carbocycles. The van der Waals surface area contributed by atoms with E-state index in [1.54, 1.807) is 0 Å². The van der Waals surface area contributed by atoms with Gasteiger partial charge in [-0.3, -0.25) is 4.79 Å². The summed E-state index contributed by atoms with van der Waals surface area (Å²) >= 11 is 0. The lowest BCUT2D eigenvalue weighted by molar-refractivity contribution is -0.299. The van der Waals surface area contributed by atoms with Crippen LogP contribution in [0.25, 0.3) is 0 Å². The minimum Gasteiger partial charge on any atom is -0.462 e. The lowest BCUT2D eigenvalue weighted by atomic mass is 9.84. The number of aliphatic hydroxyl groups is 5. The highest BCUT2D eigenvalue weighted by atomic mass is 16.7. The predicted octanol–water partition coefficient (Wildman–Crippen LogP) is -0.813. The Labute approximate surface area is 180 Å². The van der Waals surface area contributed by atoms with Crippen LogP contribution >= 0.6 is 0 Å². The quantitative estimate of drug-likeness (QED) is 0.237. The van der Waals surface area contributed by atoms with Gasteiger partial charge in [-0.25, -0.2) is 0 Å². The molecule has 10 nitrogen and oxygen atoms in total. The third kappa shape index (κ3) is 5.28. The molecule has 31 heavy (non-hydrogen) atoms. The van der Waals surface area contributed by atoms with E-state index in [9.17, 15) is 30.3 Å². The fourth-order valence-electron chi connectivity index (χ4n) is 4.20. The van der Waals surface area contributed by atoms with Crippen LogP contribution in [-0.2, 0) is 23.7 Å². The van der Waals surface area contributed by atoms with E-state index in [1.165, 1.54) is 6.26 Å². The molecule has 0 bridgehead atoms. The van der Waals surface area contributed by atoms with Gasteiger partial charge in [0.05, 0.1) is 32.0 Å². The molecule has 176 valence electrons. The lowest BCUT2D eigenvalue weighted by Crippen LogP contribution is -2.59. The smallest absolute Gasteiger partial charge is 0.309 e. The average molecular weight is 444 g/mol. The van der Waals surface area contributed by atoms with Crippen molar-refractivity contribution in [3.63, 3.8) is 0 Å². The SMILES string of the molecule is CC(C)CC(=O)O[C@@H]1OC=C(CO[C@@H]2O[C@H](CO)[C@@H](O)[C@H](O)[C@H]2O)[C@H]2CC=C(CO)[C@@H]12. The van der Waals surface area contributed by atoms with Gasteiger partial charge in [0, 0.05) is 12.3 Å². The molecule has 0 saturated carbocycles. The summed E-state index contributed by atoms with van der Waals surface area (Å²) in [6.07, 6.45) is -3.49. The Balaban J connectivity index is 1.66. The van der Waals surface area contributed by atoms with Crippen molar-refractivity contribution < 1.29 is 49.3 Å². The minimum absolute atomic E-state index is 0.0247. The third-order valence-electron chi connectivity index (χ3n) is 5.89. The van der Waals surface area contributed by atoms with Crippen LogP contribution in [-0.4, -0.2) is 88.3 Å². The maximum absolute atomic E-state index is 12.1. The van der Waals surface area contributed by atoms with E-state index in [2.05, 4.69) is 0 Å². The maximum atomic E-state index is 12.1. The average Bonchev–Trinajstić information content (AvgIpc) is 3.17. The van der Waals surface area contributed by atoms with E-state index in [0.29, 0.717) is 17.6 Å². The van der Waals surface area contributed by atoms with Crippen LogP contribution in [0.3, 0.4) is 0 Å². The van der Waals surface area contributed by atoms with Crippen molar-refractivity contribution in [1.82, 2.24) is 0 Å². The van der Waals surface area contributed by atoms with Crippen molar-refractivity contribution in [2.45, 2.75) is 63.7 Å². The number of hydrogen-bond donors (Lipinski definition) is 5. The zero-order valence-corrected chi connectivity index (χ0v) is 17.7. The molecule has 1 saturated heterocycles. The number of rotatable bonds is 8. The molecule has 0 aromatic carbocycles. The van der Waals surface area contributed by atoms with Crippen molar-refractivity contribution in [2.24, 2.45) is 17.8 Å². The number of ether oxygens (including phenoxy) is 4. The van der Waals surface area contributed by atoms with Crippen molar-refractivity contribution in [3.8, 4) is 0 Å². The number of hydrogen-bond acceptors (Lipinski definition) is 10. The number of allylic oxidation sites excluding steroid dienone is 1. The lowest BCUT2D eigenvalue weighted by Gasteiger charge is -2.40. The highest BCUT2D eigenvalue weighted by Gasteiger charge is 2.46. The Morgan fingerprint density at radius 3 is 2.52 bits per heavy atom. The molecule has 3 aliphatic rings. The zero-order valence-electron chi connectivity index (χ0n) is 17.7. The van der Waals surface area contributed by atoms with Gasteiger partial charge in [-0.2, -0.15) is 0 Å². The summed E-state index contributed by atoms with van der Waals surface area (Å²) < 4.78 is 22.2. The first-order valence-electron chi connectivity index (χ1n) is 10.5. The molecule has 10 heteroatoms. The van der Waals surface area contributed by atoms with Gasteiger partial charge < -0.3 is 44.5 Å². The maximum Gasteiger partial charge on any atom is 0.309 e. The Morgan fingerprint density at radius 2 is 1.87 bits per heavy atom. The molecule has 2 heterocycles. The van der Waals surface area contributed by atoms with Gasteiger partial charge >= 0.3 is 5.97 Å². The minimum atomic E-state index is -1.53. The Bertz CT molecular complexity index is 688. The van der Waals surface area contributed by atoms with Gasteiger partial charge in [0.25, 0.3) is 0 Å². The summed E-state index contributed by atoms with van der Waals surface area (Å²) in [5, 5.41) is 48.9. The third-order valence-corrected chi connectivity index (χ3v) is 5.89. The fraction of sp³-hybridized carbons (Fsp3) is 0.762. The molecule has 0 unspecified atom stereocenters. The van der Waals surface area contributed by atoms with E-state index in [4.69, 9.17) is 18.9 Å². The van der Waals surface area contributed by atoms with Crippen LogP contribution in [0.2, 0.25) is 0 Å². The number of carbonyl (C=O) groups is 1. The summed E-state index contributed by atoms with van der Waals surface area (Å²) in [4.78, 5) is 12.1. The summed E-state index contributed by atoms with van der Waals surface area (Å²) in [6, 6.07) is 0. The molecule has 2 aliphatic heterocycles. The van der Waals surface area contributed by atoms with Crippen molar-refractivity contribution in [3.05, 3.63) is 23.5 Å². The van der Waals surface area contributed by atoms with E-state index in [-0.39, 0.29) is 43.4 Å². The summed E-state index contributed by atoms with van der Waals surface area (Å²) in [5.74, 6) is -0.740. The largest absolute Gasteiger partial charge is 0.462 e. The van der Waals surface area contributed by atoms with Gasteiger partial charge in [0.15, 0.2) is 6.29 Å². The molecular weight excluding hydrogens is 412 g/mol. The molecule has 8 atom stereocenters. The van der Waals surface area contributed by atoms with Crippen molar-refractivity contribution in [1.29, 1.82) is 0 Å². The van der Waals surface area contributed by atoms with Gasteiger partial charge in [-0.05, 0) is 23.5 Å². The number of aliphatic hydroxyl groups excluding tert-OH is 5. The first-order valence-corrected chi connectivity index (χ1v) is 10.5. The first-order chi connectivity index (χ1) is 14.8. The Morgan fingerprint density at radius 1 is 1.13 bits per heavy atom. The molecular formula is C21H32O10. The van der Waals surface area contributed by atoms with E-state index in [1.807, 2.05) is 19.9 Å². The zero-order chi connectivity index (χ0) is 22.7. The molecule has 1 fully saturated rings. The first kappa shape index (κ1) is 24.1. The number of carbonyl (C=O) groups excluding carboxylic acids is 1. The van der Waals surface area contributed by atoms with Crippen LogP contribution in [0.5, 0.6) is 0 Å². The van der Waals surface area contributed by atoms with Crippen LogP contribution in [0, 0.1) is 17.8 Å². The Kier molecular flexibility index (Phi) is 8.08. The number of fused-ring (bicyclic) bond motifs is 1. The van der Waals surface area contributed by atoms with Crippen molar-refractivity contribution in [2.75, 3.05) is 19.8 Å². The van der Waals surface area contributed by atoms with Crippen LogP contribution in [0.4, 0.5) is 0 Å². The highest BCUT2D eigenvalue weighted by molar-refractivity contribution is 5.69. The van der Waals surface area contributed by atoms with Crippen LogP contribution in [0.1, 0.15) is 26.7 Å². The molecule has 0 radical (unpaired) electrons. The molecule has 0 spiro atoms. The molecule has 0 amide bonds. The van der Waals surface area contributed by atoms with E-state index < -0.39 is 43.6 Å². The second-order valence-corrected chi connectivity index (χ2v) is 8.60. The summed E-state index contributed by atoms with van der Waals surface area (Å²) in [5.41, 5.74) is 1.42. The summed E-state index contributed by atoms with van der Waals surface area (Å²) in [6.45, 7) is 3.06. The Hall–Kier alpha value is -1.53. The topological polar surface area (TPSA) is 155 Å². The molecule has 0 aromatic rings.